The summed E-state index contributed by atoms with van der Waals surface area (Å²) < 4.78 is 68.3. The first-order valence-corrected chi connectivity index (χ1v) is 40.3. The van der Waals surface area contributed by atoms with Gasteiger partial charge in [0.2, 0.25) is 0 Å². The molecule has 0 aliphatic carbocycles. The summed E-state index contributed by atoms with van der Waals surface area (Å²) in [5.41, 5.74) is 0. The first-order chi connectivity index (χ1) is 43.7. The summed E-state index contributed by atoms with van der Waals surface area (Å²) in [6, 6.07) is 0. The number of hydrogen-bond acceptors (Lipinski definition) is 15. The largest absolute Gasteiger partial charge is 0.472 e. The third-order valence-electron chi connectivity index (χ3n) is 17.3. The Morgan fingerprint density at radius 2 is 0.527 bits per heavy atom. The van der Waals surface area contributed by atoms with E-state index in [2.05, 4.69) is 55.4 Å². The minimum absolute atomic E-state index is 0.105. The number of phosphoric acid groups is 2. The lowest BCUT2D eigenvalue weighted by molar-refractivity contribution is -0.161. The molecule has 0 fully saturated rings. The minimum atomic E-state index is -4.95. The maximum absolute atomic E-state index is 13.0. The molecule has 540 valence electrons. The zero-order valence-electron chi connectivity index (χ0n) is 59.5. The van der Waals surface area contributed by atoms with Crippen LogP contribution in [0, 0.1) is 23.7 Å². The van der Waals surface area contributed by atoms with Gasteiger partial charge in [0, 0.05) is 25.7 Å². The Kier molecular flexibility index (Phi) is 60.3. The molecule has 0 spiro atoms. The van der Waals surface area contributed by atoms with Crippen LogP contribution in [0.25, 0.3) is 0 Å². The average Bonchev–Trinajstić information content (AvgIpc) is 3.26. The molecular weight excluding hydrogens is 1200 g/mol. The van der Waals surface area contributed by atoms with Gasteiger partial charge in [0.1, 0.15) is 19.3 Å². The summed E-state index contributed by atoms with van der Waals surface area (Å²) in [7, 11) is -9.91. The number of ether oxygens (including phenoxy) is 4. The third-order valence-corrected chi connectivity index (χ3v) is 19.2. The molecule has 19 heteroatoms. The fourth-order valence-corrected chi connectivity index (χ4v) is 12.4. The molecule has 0 aromatic rings. The van der Waals surface area contributed by atoms with E-state index >= 15 is 0 Å². The second-order valence-corrected chi connectivity index (χ2v) is 30.3. The van der Waals surface area contributed by atoms with Gasteiger partial charge in [0.15, 0.2) is 12.2 Å². The SMILES string of the molecule is CCC(C)CCCCCCCCCCCCCCCCC(=O)O[C@H](COC(=O)CCCCCCCCC(C)CC)COP(=O)(O)OC[C@H](O)COP(=O)(O)OC[C@@H](COC(=O)CCCCCCCCC(C)C)OC(=O)CCCCCCCCCCCCCC(C)C. The maximum Gasteiger partial charge on any atom is 0.472 e. The fourth-order valence-electron chi connectivity index (χ4n) is 10.8. The van der Waals surface area contributed by atoms with Crippen LogP contribution in [0.15, 0.2) is 0 Å². The van der Waals surface area contributed by atoms with Crippen molar-refractivity contribution in [3.05, 3.63) is 0 Å². The van der Waals surface area contributed by atoms with Crippen molar-refractivity contribution in [1.82, 2.24) is 0 Å². The van der Waals surface area contributed by atoms with Gasteiger partial charge in [0.25, 0.3) is 0 Å². The monoisotopic (exact) mass is 1340 g/mol. The van der Waals surface area contributed by atoms with Crippen LogP contribution in [-0.2, 0) is 65.4 Å². The molecule has 0 heterocycles. The molecule has 7 atom stereocenters. The molecule has 0 radical (unpaired) electrons. The first kappa shape index (κ1) is 89.1. The third kappa shape index (κ3) is 63.9. The van der Waals surface area contributed by atoms with E-state index in [1.54, 1.807) is 0 Å². The van der Waals surface area contributed by atoms with Crippen LogP contribution >= 0.6 is 15.6 Å². The molecule has 3 N–H and O–H groups in total. The van der Waals surface area contributed by atoms with E-state index in [-0.39, 0.29) is 25.7 Å². The van der Waals surface area contributed by atoms with Crippen LogP contribution in [0.5, 0.6) is 0 Å². The normalized spacial score (nSPS) is 14.8. The smallest absolute Gasteiger partial charge is 0.462 e. The zero-order valence-corrected chi connectivity index (χ0v) is 61.3. The second kappa shape index (κ2) is 61.6. The van der Waals surface area contributed by atoms with E-state index in [4.69, 9.17) is 37.0 Å². The lowest BCUT2D eigenvalue weighted by Gasteiger charge is -2.21. The highest BCUT2D eigenvalue weighted by atomic mass is 31.2. The number of carbonyl (C=O) groups excluding carboxylic acids is 4. The predicted molar refractivity (Wildman–Crippen MR) is 367 cm³/mol. The van der Waals surface area contributed by atoms with Gasteiger partial charge in [-0.3, -0.25) is 37.3 Å². The molecule has 0 amide bonds. The highest BCUT2D eigenvalue weighted by Gasteiger charge is 2.30. The average molecular weight is 1340 g/mol. The van der Waals surface area contributed by atoms with Crippen LogP contribution in [-0.4, -0.2) is 96.7 Å². The quantitative estimate of drug-likeness (QED) is 0.0222. The molecule has 0 aromatic heterocycles. The van der Waals surface area contributed by atoms with E-state index in [0.29, 0.717) is 31.6 Å². The fraction of sp³-hybridized carbons (Fsp3) is 0.944. The summed E-state index contributed by atoms with van der Waals surface area (Å²) in [4.78, 5) is 72.6. The molecule has 0 aliphatic heterocycles. The van der Waals surface area contributed by atoms with Crippen molar-refractivity contribution in [1.29, 1.82) is 0 Å². The van der Waals surface area contributed by atoms with Crippen molar-refractivity contribution < 1.29 is 80.2 Å². The maximum atomic E-state index is 13.0. The van der Waals surface area contributed by atoms with Gasteiger partial charge in [-0.25, -0.2) is 9.13 Å². The summed E-state index contributed by atoms with van der Waals surface area (Å²) >= 11 is 0. The predicted octanol–water partition coefficient (Wildman–Crippen LogP) is 20.5. The molecule has 0 bridgehead atoms. The number of aliphatic hydroxyl groups excluding tert-OH is 1. The number of esters is 4. The highest BCUT2D eigenvalue weighted by molar-refractivity contribution is 7.47. The Bertz CT molecular complexity index is 1800. The lowest BCUT2D eigenvalue weighted by atomic mass is 9.99. The summed E-state index contributed by atoms with van der Waals surface area (Å²) in [5, 5.41) is 10.6. The van der Waals surface area contributed by atoms with E-state index in [1.165, 1.54) is 148 Å². The number of carbonyl (C=O) groups is 4. The Labute approximate surface area is 556 Å². The number of hydrogen-bond donors (Lipinski definition) is 3. The van der Waals surface area contributed by atoms with Gasteiger partial charge < -0.3 is 33.8 Å². The zero-order chi connectivity index (χ0) is 67.5. The first-order valence-electron chi connectivity index (χ1n) is 37.3. The van der Waals surface area contributed by atoms with Crippen molar-refractivity contribution in [3.8, 4) is 0 Å². The molecule has 91 heavy (non-hydrogen) atoms. The number of unbranched alkanes of at least 4 members (excludes halogenated alkanes) is 33. The molecule has 17 nitrogen and oxygen atoms in total. The van der Waals surface area contributed by atoms with Crippen molar-refractivity contribution in [2.45, 2.75) is 375 Å². The summed E-state index contributed by atoms with van der Waals surface area (Å²) in [6.07, 6.45) is 44.6. The van der Waals surface area contributed by atoms with Gasteiger partial charge in [-0.15, -0.1) is 0 Å². The lowest BCUT2D eigenvalue weighted by Crippen LogP contribution is -2.30. The van der Waals surface area contributed by atoms with Crippen molar-refractivity contribution in [2.75, 3.05) is 39.6 Å². The highest BCUT2D eigenvalue weighted by Crippen LogP contribution is 2.45. The molecule has 0 saturated carbocycles. The van der Waals surface area contributed by atoms with Crippen LogP contribution < -0.4 is 0 Å². The van der Waals surface area contributed by atoms with Gasteiger partial charge in [-0.05, 0) is 49.4 Å². The van der Waals surface area contributed by atoms with Crippen LogP contribution in [0.1, 0.15) is 357 Å². The van der Waals surface area contributed by atoms with Crippen molar-refractivity contribution >= 4 is 39.5 Å². The molecule has 0 saturated heterocycles. The van der Waals surface area contributed by atoms with Gasteiger partial charge in [-0.2, -0.15) is 0 Å². The summed E-state index contributed by atoms with van der Waals surface area (Å²) in [5.74, 6) is 0.892. The molecule has 0 aliphatic rings. The second-order valence-electron chi connectivity index (χ2n) is 27.4. The van der Waals surface area contributed by atoms with E-state index in [9.17, 15) is 43.2 Å². The topological polar surface area (TPSA) is 237 Å². The molecule has 0 aromatic carbocycles. The Morgan fingerprint density at radius 1 is 0.308 bits per heavy atom. The van der Waals surface area contributed by atoms with Gasteiger partial charge in [0.05, 0.1) is 26.4 Å². The Balaban J connectivity index is 5.22. The number of phosphoric ester groups is 2. The molecule has 4 unspecified atom stereocenters. The Morgan fingerprint density at radius 3 is 0.780 bits per heavy atom. The Hall–Kier alpha value is -1.94. The van der Waals surface area contributed by atoms with Crippen molar-refractivity contribution in [2.24, 2.45) is 23.7 Å². The summed E-state index contributed by atoms with van der Waals surface area (Å²) in [6.45, 7) is 14.1. The number of aliphatic hydroxyl groups is 1. The van der Waals surface area contributed by atoms with E-state index in [0.717, 1.165) is 120 Å². The van der Waals surface area contributed by atoms with Crippen LogP contribution in [0.4, 0.5) is 0 Å². The molecule has 0 rings (SSSR count). The van der Waals surface area contributed by atoms with Gasteiger partial charge in [-0.1, -0.05) is 306 Å². The number of rotatable bonds is 69. The van der Waals surface area contributed by atoms with E-state index in [1.807, 2.05) is 0 Å². The van der Waals surface area contributed by atoms with Crippen LogP contribution in [0.3, 0.4) is 0 Å². The van der Waals surface area contributed by atoms with Gasteiger partial charge >= 0.3 is 39.5 Å². The van der Waals surface area contributed by atoms with E-state index < -0.39 is 97.5 Å². The molecular formula is C72H140O17P2. The minimum Gasteiger partial charge on any atom is -0.462 e. The van der Waals surface area contributed by atoms with Crippen molar-refractivity contribution in [3.63, 3.8) is 0 Å². The van der Waals surface area contributed by atoms with Crippen LogP contribution in [0.2, 0.25) is 0 Å². The standard InChI is InChI=1S/C72H140O17P2/c1-9-64(7)50-42-34-25-21-17-13-11-12-14-18-22-26-38-46-54-71(76)89-68(59-83-70(75)53-45-37-31-29-35-43-51-65(8)10-2)61-87-91(80,81)85-57-66(73)56-84-90(78,79)86-60-67(58-82-69(74)52-44-36-30-28-33-41-49-63(5)6)88-72(77)55-47-39-27-23-19-15-16-20-24-32-40-48-62(3)4/h62-68,73H,9-61H2,1-8H3,(H,78,79)(H,80,81)/t64?,65?,66-,67-,68-/m1/s1.